The molecule has 2 N–H and O–H groups in total. The van der Waals surface area contributed by atoms with E-state index in [1.807, 2.05) is 7.05 Å². The molecular formula is C18H28ClN3O5S. The van der Waals surface area contributed by atoms with E-state index in [0.717, 1.165) is 19.4 Å². The van der Waals surface area contributed by atoms with Gasteiger partial charge >= 0.3 is 0 Å². The number of hydrogen-bond acceptors (Lipinski definition) is 6. The number of nitrogens with zero attached hydrogens (tertiary/aromatic N) is 1. The predicted molar refractivity (Wildman–Crippen MR) is 108 cm³/mol. The normalized spacial score (nSPS) is 20.2. The third-order valence-corrected chi connectivity index (χ3v) is 6.36. The number of rotatable bonds is 6. The average molecular weight is 434 g/mol. The molecule has 0 aliphatic carbocycles. The molecule has 0 radical (unpaired) electrons. The van der Waals surface area contributed by atoms with Crippen molar-refractivity contribution >= 4 is 28.3 Å². The number of ether oxygens (including phenoxy) is 2. The summed E-state index contributed by atoms with van der Waals surface area (Å²) in [6.45, 7) is 4.74. The lowest BCUT2D eigenvalue weighted by atomic mass is 10.1. The van der Waals surface area contributed by atoms with Gasteiger partial charge in [0, 0.05) is 25.6 Å². The molecule has 0 saturated carbocycles. The Bertz CT molecular complexity index is 789. The lowest BCUT2D eigenvalue weighted by Gasteiger charge is -2.22. The topological polar surface area (TPSA) is 97.0 Å². The molecule has 2 aliphatic heterocycles. The quantitative estimate of drug-likeness (QED) is 0.694. The summed E-state index contributed by atoms with van der Waals surface area (Å²) >= 11 is 0. The lowest BCUT2D eigenvalue weighted by Crippen LogP contribution is -2.46. The highest BCUT2D eigenvalue weighted by Gasteiger charge is 2.31. The fourth-order valence-corrected chi connectivity index (χ4v) is 4.64. The van der Waals surface area contributed by atoms with Gasteiger partial charge in [0.05, 0.1) is 24.2 Å². The molecule has 2 unspecified atom stereocenters. The summed E-state index contributed by atoms with van der Waals surface area (Å²) in [4.78, 5) is 14.4. The van der Waals surface area contributed by atoms with Crippen molar-refractivity contribution in [3.63, 3.8) is 0 Å². The van der Waals surface area contributed by atoms with Crippen LogP contribution in [0.3, 0.4) is 0 Å². The highest BCUT2D eigenvalue weighted by atomic mass is 35.5. The van der Waals surface area contributed by atoms with Crippen LogP contribution in [-0.2, 0) is 14.8 Å². The van der Waals surface area contributed by atoms with Crippen LogP contribution >= 0.6 is 12.4 Å². The molecule has 158 valence electrons. The van der Waals surface area contributed by atoms with Gasteiger partial charge < -0.3 is 19.7 Å². The Morgan fingerprint density at radius 2 is 2.00 bits per heavy atom. The van der Waals surface area contributed by atoms with E-state index < -0.39 is 16.1 Å². The van der Waals surface area contributed by atoms with Crippen molar-refractivity contribution in [3.05, 3.63) is 18.2 Å². The molecule has 8 nitrogen and oxygen atoms in total. The summed E-state index contributed by atoms with van der Waals surface area (Å²) in [5, 5.41) is 3.12. The molecule has 0 spiro atoms. The van der Waals surface area contributed by atoms with Gasteiger partial charge in [0.1, 0.15) is 0 Å². The molecule has 1 saturated heterocycles. The van der Waals surface area contributed by atoms with Crippen molar-refractivity contribution in [3.8, 4) is 11.5 Å². The Morgan fingerprint density at radius 3 is 2.71 bits per heavy atom. The van der Waals surface area contributed by atoms with Gasteiger partial charge in [-0.1, -0.05) is 0 Å². The number of carbonyl (C=O) groups excluding carboxylic acids is 1. The van der Waals surface area contributed by atoms with Crippen LogP contribution in [0.15, 0.2) is 23.1 Å². The molecule has 3 rings (SSSR count). The molecule has 0 aromatic heterocycles. The number of benzene rings is 1. The van der Waals surface area contributed by atoms with Crippen molar-refractivity contribution in [2.45, 2.75) is 30.7 Å². The Balaban J connectivity index is 0.00000280. The number of hydrogen-bond donors (Lipinski definition) is 2. The van der Waals surface area contributed by atoms with Crippen LogP contribution in [0.4, 0.5) is 0 Å². The monoisotopic (exact) mass is 433 g/mol. The molecule has 1 amide bonds. The number of carbonyl (C=O) groups is 1. The van der Waals surface area contributed by atoms with Gasteiger partial charge in [0.25, 0.3) is 0 Å². The van der Waals surface area contributed by atoms with Crippen LogP contribution in [0.2, 0.25) is 0 Å². The van der Waals surface area contributed by atoms with Crippen LogP contribution in [0.25, 0.3) is 0 Å². The zero-order valence-corrected chi connectivity index (χ0v) is 17.8. The molecule has 2 aliphatic rings. The first kappa shape index (κ1) is 22.7. The Hall–Kier alpha value is -1.55. The SMILES string of the molecule is CNCC1CCN(C(=O)C(C)NS(=O)(=O)c2ccc3c(c2)OCCCO3)C1.Cl. The summed E-state index contributed by atoms with van der Waals surface area (Å²) in [6, 6.07) is 3.66. The van der Waals surface area contributed by atoms with Crippen molar-refractivity contribution in [2.75, 3.05) is 39.9 Å². The van der Waals surface area contributed by atoms with Crippen LogP contribution in [-0.4, -0.2) is 65.2 Å². The first-order chi connectivity index (χ1) is 12.9. The second kappa shape index (κ2) is 9.78. The summed E-state index contributed by atoms with van der Waals surface area (Å²) in [6.07, 6.45) is 1.67. The Morgan fingerprint density at radius 1 is 1.29 bits per heavy atom. The van der Waals surface area contributed by atoms with Crippen molar-refractivity contribution in [2.24, 2.45) is 5.92 Å². The predicted octanol–water partition coefficient (Wildman–Crippen LogP) is 1.00. The standard InChI is InChI=1S/C18H27N3O5S.ClH/c1-13(18(22)21-7-6-14(12-21)11-19-2)20-27(23,24)15-4-5-16-17(10-15)26-9-3-8-25-16;/h4-5,10,13-14,19-20H,3,6-9,11-12H2,1-2H3;1H. The van der Waals surface area contributed by atoms with E-state index >= 15 is 0 Å². The van der Waals surface area contributed by atoms with Crippen LogP contribution in [0, 0.1) is 5.92 Å². The highest BCUT2D eigenvalue weighted by Crippen LogP contribution is 2.32. The number of halogens is 1. The number of nitrogens with one attached hydrogen (secondary N) is 2. The van der Waals surface area contributed by atoms with Gasteiger partial charge in [-0.25, -0.2) is 8.42 Å². The van der Waals surface area contributed by atoms with Gasteiger partial charge in [-0.3, -0.25) is 4.79 Å². The maximum atomic E-state index is 12.7. The van der Waals surface area contributed by atoms with E-state index in [0.29, 0.717) is 43.7 Å². The minimum Gasteiger partial charge on any atom is -0.490 e. The van der Waals surface area contributed by atoms with Gasteiger partial charge in [-0.15, -0.1) is 12.4 Å². The van der Waals surface area contributed by atoms with E-state index in [9.17, 15) is 13.2 Å². The van der Waals surface area contributed by atoms with Gasteiger partial charge in [0.2, 0.25) is 15.9 Å². The summed E-state index contributed by atoms with van der Waals surface area (Å²) < 4.78 is 39.0. The Labute approximate surface area is 172 Å². The minimum atomic E-state index is -3.85. The molecule has 1 fully saturated rings. The van der Waals surface area contributed by atoms with Crippen molar-refractivity contribution in [1.29, 1.82) is 0 Å². The largest absolute Gasteiger partial charge is 0.490 e. The maximum absolute atomic E-state index is 12.7. The van der Waals surface area contributed by atoms with Gasteiger partial charge in [0.15, 0.2) is 11.5 Å². The van der Waals surface area contributed by atoms with E-state index in [4.69, 9.17) is 9.47 Å². The van der Waals surface area contributed by atoms with Gasteiger partial charge in [-0.2, -0.15) is 4.72 Å². The summed E-state index contributed by atoms with van der Waals surface area (Å²) in [5.41, 5.74) is 0. The Kier molecular flexibility index (Phi) is 7.94. The van der Waals surface area contributed by atoms with E-state index in [1.165, 1.54) is 12.1 Å². The molecule has 1 aromatic rings. The second-order valence-corrected chi connectivity index (χ2v) is 8.71. The maximum Gasteiger partial charge on any atom is 0.241 e. The lowest BCUT2D eigenvalue weighted by molar-refractivity contribution is -0.131. The van der Waals surface area contributed by atoms with Crippen LogP contribution < -0.4 is 19.5 Å². The first-order valence-electron chi connectivity index (χ1n) is 9.26. The van der Waals surface area contributed by atoms with E-state index in [-0.39, 0.29) is 23.2 Å². The second-order valence-electron chi connectivity index (χ2n) is 7.00. The summed E-state index contributed by atoms with van der Waals surface area (Å²) in [5.74, 6) is 1.14. The third kappa shape index (κ3) is 5.28. The average Bonchev–Trinajstić information content (AvgIpc) is 2.97. The molecule has 1 aromatic carbocycles. The van der Waals surface area contributed by atoms with Crippen LogP contribution in [0.1, 0.15) is 19.8 Å². The molecule has 28 heavy (non-hydrogen) atoms. The molecule has 2 atom stereocenters. The van der Waals surface area contributed by atoms with E-state index in [2.05, 4.69) is 10.0 Å². The third-order valence-electron chi connectivity index (χ3n) is 4.82. The number of amides is 1. The fourth-order valence-electron chi connectivity index (χ4n) is 3.42. The van der Waals surface area contributed by atoms with Gasteiger partial charge in [-0.05, 0) is 45.0 Å². The zero-order valence-electron chi connectivity index (χ0n) is 16.1. The number of likely N-dealkylation sites (tertiary alicyclic amines) is 1. The number of sulfonamides is 1. The highest BCUT2D eigenvalue weighted by molar-refractivity contribution is 7.89. The molecule has 0 bridgehead atoms. The summed E-state index contributed by atoms with van der Waals surface area (Å²) in [7, 11) is -1.96. The zero-order chi connectivity index (χ0) is 19.4. The van der Waals surface area contributed by atoms with E-state index in [1.54, 1.807) is 17.9 Å². The van der Waals surface area contributed by atoms with Crippen molar-refractivity contribution in [1.82, 2.24) is 14.9 Å². The minimum absolute atomic E-state index is 0. The first-order valence-corrected chi connectivity index (χ1v) is 10.7. The van der Waals surface area contributed by atoms with Crippen LogP contribution in [0.5, 0.6) is 11.5 Å². The number of fused-ring (bicyclic) bond motifs is 1. The van der Waals surface area contributed by atoms with Crippen molar-refractivity contribution < 1.29 is 22.7 Å². The fraction of sp³-hybridized carbons (Fsp3) is 0.611. The molecular weight excluding hydrogens is 406 g/mol. The molecule has 10 heteroatoms. The molecule has 2 heterocycles. The smallest absolute Gasteiger partial charge is 0.241 e.